The number of hydrogen-bond donors (Lipinski definition) is 1. The summed E-state index contributed by atoms with van der Waals surface area (Å²) in [6.45, 7) is 6.43. The first-order chi connectivity index (χ1) is 11.7. The summed E-state index contributed by atoms with van der Waals surface area (Å²) in [6, 6.07) is 5.08. The van der Waals surface area contributed by atoms with E-state index in [0.29, 0.717) is 29.5 Å². The van der Waals surface area contributed by atoms with Crippen molar-refractivity contribution in [1.29, 1.82) is 0 Å². The summed E-state index contributed by atoms with van der Waals surface area (Å²) in [5.41, 5.74) is 0.0526. The van der Waals surface area contributed by atoms with Gasteiger partial charge in [-0.3, -0.25) is 4.79 Å². The van der Waals surface area contributed by atoms with Crippen LogP contribution in [0.3, 0.4) is 0 Å². The van der Waals surface area contributed by atoms with Crippen LogP contribution in [-0.4, -0.2) is 42.7 Å². The predicted octanol–water partition coefficient (Wildman–Crippen LogP) is 3.93. The van der Waals surface area contributed by atoms with Crippen LogP contribution in [0.5, 0.6) is 5.75 Å². The number of hydrogen-bond acceptors (Lipinski definition) is 4. The summed E-state index contributed by atoms with van der Waals surface area (Å²) >= 11 is 6.08. The minimum absolute atomic E-state index is 0.130. The summed E-state index contributed by atoms with van der Waals surface area (Å²) in [6.07, 6.45) is 1.12. The molecule has 0 radical (unpaired) electrons. The Morgan fingerprint density at radius 2 is 2.04 bits per heavy atom. The van der Waals surface area contributed by atoms with Crippen molar-refractivity contribution in [3.8, 4) is 5.75 Å². The topological polar surface area (TPSA) is 67.9 Å². The van der Waals surface area contributed by atoms with Gasteiger partial charge < -0.3 is 19.7 Å². The number of carbonyl (C=O) groups excluding carboxylic acids is 2. The number of piperidine rings is 1. The number of benzene rings is 1. The number of nitrogens with zero attached hydrogens (tertiary/aromatic N) is 1. The second-order valence-electron chi connectivity index (χ2n) is 7.10. The molecule has 1 atom stereocenters. The van der Waals surface area contributed by atoms with Gasteiger partial charge in [-0.2, -0.15) is 0 Å². The molecule has 1 N–H and O–H groups in total. The fourth-order valence-corrected chi connectivity index (χ4v) is 2.93. The third kappa shape index (κ3) is 5.53. The molecule has 1 aromatic carbocycles. The Bertz CT molecular complexity index is 642. The second kappa shape index (κ2) is 7.95. The van der Waals surface area contributed by atoms with E-state index in [4.69, 9.17) is 21.1 Å². The van der Waals surface area contributed by atoms with E-state index in [9.17, 15) is 9.59 Å². The molecule has 1 aliphatic rings. The molecule has 0 unspecified atom stereocenters. The van der Waals surface area contributed by atoms with E-state index in [1.54, 1.807) is 23.1 Å². The van der Waals surface area contributed by atoms with Crippen LogP contribution < -0.4 is 10.1 Å². The molecule has 6 nitrogen and oxygen atoms in total. The molecule has 2 rings (SSSR count). The molecule has 7 heteroatoms. The Morgan fingerprint density at radius 1 is 1.32 bits per heavy atom. The highest BCUT2D eigenvalue weighted by molar-refractivity contribution is 6.32. The normalized spacial score (nSPS) is 17.8. The zero-order valence-electron chi connectivity index (χ0n) is 15.1. The summed E-state index contributed by atoms with van der Waals surface area (Å²) < 4.78 is 10.5. The minimum Gasteiger partial charge on any atom is -0.495 e. The van der Waals surface area contributed by atoms with Crippen LogP contribution in [0.25, 0.3) is 0 Å². The van der Waals surface area contributed by atoms with E-state index in [1.165, 1.54) is 7.11 Å². The molecule has 25 heavy (non-hydrogen) atoms. The highest BCUT2D eigenvalue weighted by Gasteiger charge is 2.31. The van der Waals surface area contributed by atoms with E-state index < -0.39 is 5.60 Å². The third-order valence-electron chi connectivity index (χ3n) is 3.86. The first-order valence-electron chi connectivity index (χ1n) is 8.32. The molecule has 0 aromatic heterocycles. The number of nitrogens with one attached hydrogen (secondary N) is 1. The van der Waals surface area contributed by atoms with E-state index in [2.05, 4.69) is 5.32 Å². The van der Waals surface area contributed by atoms with Crippen molar-refractivity contribution in [2.24, 2.45) is 5.92 Å². The van der Waals surface area contributed by atoms with Crippen LogP contribution in [0, 0.1) is 5.92 Å². The van der Waals surface area contributed by atoms with E-state index in [0.717, 1.165) is 12.8 Å². The predicted molar refractivity (Wildman–Crippen MR) is 97.2 cm³/mol. The average Bonchev–Trinajstić information content (AvgIpc) is 2.53. The molecule has 1 aromatic rings. The van der Waals surface area contributed by atoms with Gasteiger partial charge in [-0.1, -0.05) is 11.6 Å². The summed E-state index contributed by atoms with van der Waals surface area (Å²) in [7, 11) is 1.53. The van der Waals surface area contributed by atoms with Gasteiger partial charge in [0.05, 0.1) is 18.1 Å². The van der Waals surface area contributed by atoms with Gasteiger partial charge in [0.2, 0.25) is 5.91 Å². The van der Waals surface area contributed by atoms with Crippen molar-refractivity contribution in [3.63, 3.8) is 0 Å². The SMILES string of the molecule is COc1ccc(NC(=O)[C@H]2CCCN(C(=O)OC(C)(C)C)C2)cc1Cl. The van der Waals surface area contributed by atoms with Gasteiger partial charge in [0.15, 0.2) is 0 Å². The van der Waals surface area contributed by atoms with Gasteiger partial charge in [0, 0.05) is 18.8 Å². The lowest BCUT2D eigenvalue weighted by molar-refractivity contribution is -0.121. The van der Waals surface area contributed by atoms with Gasteiger partial charge in [0.25, 0.3) is 0 Å². The molecule has 1 heterocycles. The van der Waals surface area contributed by atoms with Crippen LogP contribution in [0.4, 0.5) is 10.5 Å². The second-order valence-corrected chi connectivity index (χ2v) is 7.51. The molecule has 0 aliphatic carbocycles. The van der Waals surface area contributed by atoms with Crippen LogP contribution in [0.2, 0.25) is 5.02 Å². The molecule has 1 fully saturated rings. The van der Waals surface area contributed by atoms with Crippen molar-refractivity contribution in [1.82, 2.24) is 4.90 Å². The van der Waals surface area contributed by atoms with Crippen molar-refractivity contribution in [2.45, 2.75) is 39.2 Å². The van der Waals surface area contributed by atoms with Gasteiger partial charge in [-0.25, -0.2) is 4.79 Å². The number of halogens is 1. The van der Waals surface area contributed by atoms with Crippen LogP contribution in [0.1, 0.15) is 33.6 Å². The monoisotopic (exact) mass is 368 g/mol. The summed E-state index contributed by atoms with van der Waals surface area (Å²) in [5.74, 6) is 0.144. The molecule has 2 amide bonds. The highest BCUT2D eigenvalue weighted by atomic mass is 35.5. The first-order valence-corrected chi connectivity index (χ1v) is 8.70. The minimum atomic E-state index is -0.549. The van der Waals surface area contributed by atoms with Crippen LogP contribution >= 0.6 is 11.6 Å². The number of likely N-dealkylation sites (tertiary alicyclic amines) is 1. The lowest BCUT2D eigenvalue weighted by atomic mass is 9.97. The Morgan fingerprint density at radius 3 is 2.64 bits per heavy atom. The lowest BCUT2D eigenvalue weighted by Gasteiger charge is -2.33. The van der Waals surface area contributed by atoms with Crippen molar-refractivity contribution >= 4 is 29.3 Å². The number of anilines is 1. The Labute approximate surface area is 153 Å². The lowest BCUT2D eigenvalue weighted by Crippen LogP contribution is -2.45. The standard InChI is InChI=1S/C18H25ClN2O4/c1-18(2,3)25-17(23)21-9-5-6-12(11-21)16(22)20-13-7-8-15(24-4)14(19)10-13/h7-8,10,12H,5-6,9,11H2,1-4H3,(H,20,22)/t12-/m0/s1. The molecule has 0 spiro atoms. The van der Waals surface area contributed by atoms with Crippen LogP contribution in [0.15, 0.2) is 18.2 Å². The zero-order chi connectivity index (χ0) is 18.6. The van der Waals surface area contributed by atoms with Crippen molar-refractivity contribution < 1.29 is 19.1 Å². The molecule has 1 saturated heterocycles. The van der Waals surface area contributed by atoms with Crippen LogP contribution in [-0.2, 0) is 9.53 Å². The highest BCUT2D eigenvalue weighted by Crippen LogP contribution is 2.28. The fraction of sp³-hybridized carbons (Fsp3) is 0.556. The first kappa shape index (κ1) is 19.4. The molecular weight excluding hydrogens is 344 g/mol. The zero-order valence-corrected chi connectivity index (χ0v) is 15.9. The maximum atomic E-state index is 12.5. The van der Waals surface area contributed by atoms with Gasteiger partial charge in [-0.05, 0) is 51.8 Å². The molecule has 1 aliphatic heterocycles. The maximum absolute atomic E-state index is 12.5. The van der Waals surface area contributed by atoms with E-state index >= 15 is 0 Å². The maximum Gasteiger partial charge on any atom is 0.410 e. The molecular formula is C18H25ClN2O4. The van der Waals surface area contributed by atoms with Crippen molar-refractivity contribution in [2.75, 3.05) is 25.5 Å². The number of rotatable bonds is 3. The Kier molecular flexibility index (Phi) is 6.16. The largest absolute Gasteiger partial charge is 0.495 e. The summed E-state index contributed by atoms with van der Waals surface area (Å²) in [4.78, 5) is 26.3. The Hall–Kier alpha value is -1.95. The third-order valence-corrected chi connectivity index (χ3v) is 4.16. The molecule has 138 valence electrons. The number of amides is 2. The van der Waals surface area contributed by atoms with Crippen molar-refractivity contribution in [3.05, 3.63) is 23.2 Å². The smallest absolute Gasteiger partial charge is 0.410 e. The average molecular weight is 369 g/mol. The fourth-order valence-electron chi connectivity index (χ4n) is 2.67. The van der Waals surface area contributed by atoms with Gasteiger partial charge in [-0.15, -0.1) is 0 Å². The van der Waals surface area contributed by atoms with E-state index in [1.807, 2.05) is 20.8 Å². The molecule has 0 bridgehead atoms. The number of carbonyl (C=O) groups is 2. The number of ether oxygens (including phenoxy) is 2. The van der Waals surface area contributed by atoms with Gasteiger partial charge >= 0.3 is 6.09 Å². The quantitative estimate of drug-likeness (QED) is 0.877. The van der Waals surface area contributed by atoms with E-state index in [-0.39, 0.29) is 17.9 Å². The van der Waals surface area contributed by atoms with Gasteiger partial charge in [0.1, 0.15) is 11.4 Å². The number of methoxy groups -OCH3 is 1. The molecule has 0 saturated carbocycles. The Balaban J connectivity index is 1.97. The summed E-state index contributed by atoms with van der Waals surface area (Å²) in [5, 5.41) is 3.28.